The van der Waals surface area contributed by atoms with Crippen molar-refractivity contribution in [3.63, 3.8) is 0 Å². The Hall–Kier alpha value is -1.88. The molecule has 4 N–H and O–H groups in total. The van der Waals surface area contributed by atoms with Gasteiger partial charge < -0.3 is 11.1 Å². The first-order valence-electron chi connectivity index (χ1n) is 7.09. The van der Waals surface area contributed by atoms with Gasteiger partial charge in [0.25, 0.3) is 0 Å². The minimum Gasteiger partial charge on any atom is -0.326 e. The van der Waals surface area contributed by atoms with Crippen molar-refractivity contribution in [1.82, 2.24) is 10.2 Å². The number of nitrogens with two attached hydrogens (primary N) is 1. The highest BCUT2D eigenvalue weighted by molar-refractivity contribution is 5.95. The van der Waals surface area contributed by atoms with Gasteiger partial charge in [-0.2, -0.15) is 5.10 Å². The maximum absolute atomic E-state index is 12.4. The minimum atomic E-state index is -0.401. The standard InChI is InChI=1S/C15H20N4O/c1-15(16)7-3-2-4-12(15)14(20)18-11-5-6-13-10(8-11)9-17-19-13/h5-6,8-9,12H,2-4,7,16H2,1H3,(H,17,19)(H,18,20). The zero-order valence-electron chi connectivity index (χ0n) is 11.6. The van der Waals surface area contributed by atoms with Crippen LogP contribution in [0.1, 0.15) is 32.6 Å². The molecule has 1 aliphatic rings. The summed E-state index contributed by atoms with van der Waals surface area (Å²) >= 11 is 0. The summed E-state index contributed by atoms with van der Waals surface area (Å²) in [4.78, 5) is 12.4. The molecule has 1 fully saturated rings. The molecule has 0 aliphatic heterocycles. The third-order valence-electron chi connectivity index (χ3n) is 4.28. The predicted molar refractivity (Wildman–Crippen MR) is 79.3 cm³/mol. The first-order valence-corrected chi connectivity index (χ1v) is 7.09. The molecule has 1 aromatic heterocycles. The largest absolute Gasteiger partial charge is 0.326 e. The van der Waals surface area contributed by atoms with E-state index in [9.17, 15) is 4.79 Å². The quantitative estimate of drug-likeness (QED) is 0.785. The van der Waals surface area contributed by atoms with E-state index in [-0.39, 0.29) is 11.8 Å². The van der Waals surface area contributed by atoms with E-state index in [4.69, 9.17) is 5.73 Å². The average molecular weight is 272 g/mol. The van der Waals surface area contributed by atoms with Gasteiger partial charge in [-0.25, -0.2) is 0 Å². The molecule has 20 heavy (non-hydrogen) atoms. The smallest absolute Gasteiger partial charge is 0.229 e. The van der Waals surface area contributed by atoms with Crippen LogP contribution in [0.2, 0.25) is 0 Å². The Kier molecular flexibility index (Phi) is 3.22. The number of aromatic nitrogens is 2. The number of fused-ring (bicyclic) bond motifs is 1. The summed E-state index contributed by atoms with van der Waals surface area (Å²) in [5.41, 5.74) is 7.63. The van der Waals surface area contributed by atoms with E-state index in [1.807, 2.05) is 25.1 Å². The lowest BCUT2D eigenvalue weighted by molar-refractivity contribution is -0.122. The Morgan fingerprint density at radius 2 is 2.35 bits per heavy atom. The molecule has 106 valence electrons. The summed E-state index contributed by atoms with van der Waals surface area (Å²) in [5, 5.41) is 10.8. The van der Waals surface area contributed by atoms with Gasteiger partial charge in [0.1, 0.15) is 0 Å². The number of benzene rings is 1. The van der Waals surface area contributed by atoms with Crippen LogP contribution in [-0.2, 0) is 4.79 Å². The van der Waals surface area contributed by atoms with Crippen LogP contribution in [0.4, 0.5) is 5.69 Å². The highest BCUT2D eigenvalue weighted by Crippen LogP contribution is 2.32. The van der Waals surface area contributed by atoms with Crippen LogP contribution >= 0.6 is 0 Å². The van der Waals surface area contributed by atoms with E-state index in [0.29, 0.717) is 0 Å². The van der Waals surface area contributed by atoms with Crippen molar-refractivity contribution in [1.29, 1.82) is 0 Å². The molecule has 0 radical (unpaired) electrons. The van der Waals surface area contributed by atoms with Gasteiger partial charge in [-0.1, -0.05) is 12.8 Å². The van der Waals surface area contributed by atoms with Gasteiger partial charge in [0, 0.05) is 16.6 Å². The van der Waals surface area contributed by atoms with Gasteiger partial charge in [-0.15, -0.1) is 0 Å². The van der Waals surface area contributed by atoms with Crippen LogP contribution in [0.25, 0.3) is 10.9 Å². The lowest BCUT2D eigenvalue weighted by atomic mass is 9.74. The second-order valence-electron chi connectivity index (χ2n) is 5.97. The molecule has 1 aromatic carbocycles. The first-order chi connectivity index (χ1) is 9.56. The van der Waals surface area contributed by atoms with E-state index < -0.39 is 5.54 Å². The van der Waals surface area contributed by atoms with Crippen LogP contribution in [0.15, 0.2) is 24.4 Å². The number of hydrogen-bond donors (Lipinski definition) is 3. The molecular weight excluding hydrogens is 252 g/mol. The fourth-order valence-electron chi connectivity index (χ4n) is 3.04. The molecular formula is C15H20N4O. The highest BCUT2D eigenvalue weighted by atomic mass is 16.1. The summed E-state index contributed by atoms with van der Waals surface area (Å²) in [7, 11) is 0. The van der Waals surface area contributed by atoms with Gasteiger partial charge in [-0.05, 0) is 38.0 Å². The van der Waals surface area contributed by atoms with Crippen molar-refractivity contribution in [3.8, 4) is 0 Å². The number of carbonyl (C=O) groups is 1. The Bertz CT molecular complexity index is 632. The number of carbonyl (C=O) groups excluding carboxylic acids is 1. The number of amides is 1. The third kappa shape index (κ3) is 2.41. The van der Waals surface area contributed by atoms with Crippen molar-refractivity contribution in [2.75, 3.05) is 5.32 Å². The van der Waals surface area contributed by atoms with Crippen LogP contribution in [0.3, 0.4) is 0 Å². The third-order valence-corrected chi connectivity index (χ3v) is 4.28. The molecule has 2 atom stereocenters. The Morgan fingerprint density at radius 1 is 1.50 bits per heavy atom. The highest BCUT2D eigenvalue weighted by Gasteiger charge is 2.37. The Balaban J connectivity index is 1.77. The number of hydrogen-bond acceptors (Lipinski definition) is 3. The van der Waals surface area contributed by atoms with E-state index in [2.05, 4.69) is 15.5 Å². The summed E-state index contributed by atoms with van der Waals surface area (Å²) in [6.07, 6.45) is 5.71. The average Bonchev–Trinajstić information content (AvgIpc) is 2.85. The molecule has 1 amide bonds. The summed E-state index contributed by atoms with van der Waals surface area (Å²) < 4.78 is 0. The summed E-state index contributed by atoms with van der Waals surface area (Å²) in [6.45, 7) is 1.98. The summed E-state index contributed by atoms with van der Waals surface area (Å²) in [5.74, 6) is -0.0890. The maximum Gasteiger partial charge on any atom is 0.229 e. The molecule has 2 aromatic rings. The maximum atomic E-state index is 12.4. The predicted octanol–water partition coefficient (Wildman–Crippen LogP) is 2.41. The van der Waals surface area contributed by atoms with Crippen molar-refractivity contribution in [2.24, 2.45) is 11.7 Å². The van der Waals surface area contributed by atoms with Gasteiger partial charge >= 0.3 is 0 Å². The molecule has 0 bridgehead atoms. The van der Waals surface area contributed by atoms with Crippen molar-refractivity contribution < 1.29 is 4.79 Å². The number of rotatable bonds is 2. The van der Waals surface area contributed by atoms with Crippen LogP contribution < -0.4 is 11.1 Å². The van der Waals surface area contributed by atoms with Crippen LogP contribution in [0.5, 0.6) is 0 Å². The topological polar surface area (TPSA) is 83.8 Å². The molecule has 3 rings (SSSR count). The van der Waals surface area contributed by atoms with Crippen molar-refractivity contribution >= 4 is 22.5 Å². The normalized spacial score (nSPS) is 26.6. The molecule has 5 nitrogen and oxygen atoms in total. The number of H-pyrrole nitrogens is 1. The molecule has 1 aliphatic carbocycles. The molecule has 1 heterocycles. The van der Waals surface area contributed by atoms with E-state index in [1.54, 1.807) is 6.20 Å². The molecule has 0 spiro atoms. The Morgan fingerprint density at radius 3 is 3.15 bits per heavy atom. The van der Waals surface area contributed by atoms with E-state index in [1.165, 1.54) is 0 Å². The van der Waals surface area contributed by atoms with E-state index in [0.717, 1.165) is 42.3 Å². The molecule has 2 unspecified atom stereocenters. The molecule has 0 saturated heterocycles. The fourth-order valence-corrected chi connectivity index (χ4v) is 3.04. The van der Waals surface area contributed by atoms with E-state index >= 15 is 0 Å². The SMILES string of the molecule is CC1(N)CCCCC1C(=O)Nc1ccc2[nH]ncc2c1. The second-order valence-corrected chi connectivity index (χ2v) is 5.97. The lowest BCUT2D eigenvalue weighted by Gasteiger charge is -2.37. The van der Waals surface area contributed by atoms with Crippen molar-refractivity contribution in [3.05, 3.63) is 24.4 Å². The second kappa shape index (κ2) is 4.90. The number of anilines is 1. The number of nitrogens with one attached hydrogen (secondary N) is 2. The van der Waals surface area contributed by atoms with Gasteiger partial charge in [0.15, 0.2) is 0 Å². The number of aromatic amines is 1. The first kappa shape index (κ1) is 13.1. The van der Waals surface area contributed by atoms with Crippen LogP contribution in [0, 0.1) is 5.92 Å². The monoisotopic (exact) mass is 272 g/mol. The van der Waals surface area contributed by atoms with Crippen LogP contribution in [-0.4, -0.2) is 21.6 Å². The van der Waals surface area contributed by atoms with Gasteiger partial charge in [0.2, 0.25) is 5.91 Å². The fraction of sp³-hybridized carbons (Fsp3) is 0.467. The lowest BCUT2D eigenvalue weighted by Crippen LogP contribution is -2.51. The molecule has 5 heteroatoms. The Labute approximate surface area is 117 Å². The van der Waals surface area contributed by atoms with Crippen molar-refractivity contribution in [2.45, 2.75) is 38.1 Å². The number of nitrogens with zero attached hydrogens (tertiary/aromatic N) is 1. The van der Waals surface area contributed by atoms with Gasteiger partial charge in [0.05, 0.1) is 17.6 Å². The zero-order valence-corrected chi connectivity index (χ0v) is 11.6. The van der Waals surface area contributed by atoms with Gasteiger partial charge in [-0.3, -0.25) is 9.89 Å². The minimum absolute atomic E-state index is 0.0255. The summed E-state index contributed by atoms with van der Waals surface area (Å²) in [6, 6.07) is 5.73. The molecule has 1 saturated carbocycles. The zero-order chi connectivity index (χ0) is 14.2.